The highest BCUT2D eigenvalue weighted by molar-refractivity contribution is 5.96. The summed E-state index contributed by atoms with van der Waals surface area (Å²) in [4.78, 5) is 124. The standard InChI is InChI=1S/C64H112N8O11/c1-20-59(16,21-2)61(18,55(80)68-39-44(11)73)63(24-5,25-6)64(26-7,27-8)62(19,60(17,22-3)23-4)56(81)69-40-50(75)66-41-51(76)71-49(38-46-33-29-28-30-34-46)54(79)72-48(37-43(9)10)53(78)67-42-52(77)70-47(45(12)74)35-31-32-36-65-57(82)83-58(13,14)15/h28-30,33-34,43-44,47-49,73H,20-27,31-32,35-42H2,1-19H3,(H,65,82)(H,66,75)(H,67,78)(H,68,80)(H,69,81)(H,70,77)(H,71,76)(H,72,79). The summed E-state index contributed by atoms with van der Waals surface area (Å²) in [6.07, 6.45) is 5.06. The molecule has 0 bridgehead atoms. The molecule has 1 aromatic rings. The second-order valence-electron chi connectivity index (χ2n) is 25.3. The number of aliphatic hydroxyl groups is 1. The molecule has 8 amide bonds. The third kappa shape index (κ3) is 19.2. The van der Waals surface area contributed by atoms with Gasteiger partial charge in [-0.1, -0.05) is 113 Å². The van der Waals surface area contributed by atoms with Gasteiger partial charge in [-0.2, -0.15) is 0 Å². The third-order valence-electron chi connectivity index (χ3n) is 19.2. The second-order valence-corrected chi connectivity index (χ2v) is 25.3. The smallest absolute Gasteiger partial charge is 0.407 e. The van der Waals surface area contributed by atoms with E-state index in [9.17, 15) is 38.7 Å². The number of unbranched alkanes of at least 4 members (excludes halogenated alkanes) is 1. The van der Waals surface area contributed by atoms with E-state index in [0.29, 0.717) is 82.7 Å². The number of nitrogens with one attached hydrogen (secondary N) is 8. The molecule has 83 heavy (non-hydrogen) atoms. The highest BCUT2D eigenvalue weighted by atomic mass is 16.6. The van der Waals surface area contributed by atoms with Crippen molar-refractivity contribution in [3.05, 3.63) is 35.9 Å². The van der Waals surface area contributed by atoms with Crippen molar-refractivity contribution in [2.24, 2.45) is 38.4 Å². The van der Waals surface area contributed by atoms with Crippen LogP contribution in [0.5, 0.6) is 0 Å². The van der Waals surface area contributed by atoms with Crippen LogP contribution < -0.4 is 42.5 Å². The Labute approximate surface area is 498 Å². The predicted molar refractivity (Wildman–Crippen MR) is 328 cm³/mol. The topological polar surface area (TPSA) is 279 Å². The Morgan fingerprint density at radius 1 is 0.518 bits per heavy atom. The molecule has 0 heterocycles. The van der Waals surface area contributed by atoms with E-state index in [-0.39, 0.29) is 42.9 Å². The van der Waals surface area contributed by atoms with Gasteiger partial charge in [-0.25, -0.2) is 4.79 Å². The molecule has 0 aliphatic carbocycles. The summed E-state index contributed by atoms with van der Waals surface area (Å²) in [6, 6.07) is 5.80. The number of hydrogen-bond donors (Lipinski definition) is 9. The number of carbonyl (C=O) groups excluding carboxylic acids is 9. The van der Waals surface area contributed by atoms with Gasteiger partial charge in [0.05, 0.1) is 42.6 Å². The summed E-state index contributed by atoms with van der Waals surface area (Å²) >= 11 is 0. The van der Waals surface area contributed by atoms with E-state index >= 15 is 9.59 Å². The number of carbonyl (C=O) groups is 9. The van der Waals surface area contributed by atoms with Crippen LogP contribution >= 0.6 is 0 Å². The zero-order chi connectivity index (χ0) is 63.8. The van der Waals surface area contributed by atoms with E-state index in [0.717, 1.165) is 0 Å². The molecule has 0 radical (unpaired) electrons. The Morgan fingerprint density at radius 3 is 1.41 bits per heavy atom. The first kappa shape index (κ1) is 75.4. The summed E-state index contributed by atoms with van der Waals surface area (Å²) in [5, 5.41) is 32.6. The molecule has 19 nitrogen and oxygen atoms in total. The molecule has 1 aromatic carbocycles. The summed E-state index contributed by atoms with van der Waals surface area (Å²) < 4.78 is 5.24. The van der Waals surface area contributed by atoms with Gasteiger partial charge >= 0.3 is 6.09 Å². The van der Waals surface area contributed by atoms with Crippen molar-refractivity contribution >= 4 is 53.2 Å². The lowest BCUT2D eigenvalue weighted by Gasteiger charge is -2.70. The number of hydrogen-bond acceptors (Lipinski definition) is 11. The van der Waals surface area contributed by atoms with Gasteiger partial charge in [0.2, 0.25) is 41.4 Å². The van der Waals surface area contributed by atoms with E-state index in [1.807, 2.05) is 26.8 Å². The summed E-state index contributed by atoms with van der Waals surface area (Å²) in [7, 11) is 0. The van der Waals surface area contributed by atoms with Crippen molar-refractivity contribution in [1.29, 1.82) is 0 Å². The fourth-order valence-electron chi connectivity index (χ4n) is 13.4. The lowest BCUT2D eigenvalue weighted by Crippen LogP contribution is -2.71. The number of aliphatic hydroxyl groups excluding tert-OH is 1. The molecule has 0 aliphatic rings. The average molecular weight is 1170 g/mol. The monoisotopic (exact) mass is 1170 g/mol. The fourth-order valence-corrected chi connectivity index (χ4v) is 13.4. The van der Waals surface area contributed by atoms with Gasteiger partial charge < -0.3 is 52.4 Å². The lowest BCUT2D eigenvalue weighted by molar-refractivity contribution is -0.230. The molecular formula is C64H112N8O11. The Kier molecular flexibility index (Phi) is 30.7. The number of amides is 8. The third-order valence-corrected chi connectivity index (χ3v) is 19.2. The molecule has 6 atom stereocenters. The van der Waals surface area contributed by atoms with Crippen molar-refractivity contribution in [3.63, 3.8) is 0 Å². The summed E-state index contributed by atoms with van der Waals surface area (Å²) in [5.74, 6) is -4.16. The quantitative estimate of drug-likeness (QED) is 0.0285. The fraction of sp³-hybridized carbons (Fsp3) is 0.766. The minimum Gasteiger partial charge on any atom is -0.444 e. The summed E-state index contributed by atoms with van der Waals surface area (Å²) in [6.45, 7) is 36.1. The molecule has 19 heteroatoms. The molecule has 0 saturated carbocycles. The molecule has 0 spiro atoms. The Morgan fingerprint density at radius 2 is 0.976 bits per heavy atom. The maximum absolute atomic E-state index is 15.6. The van der Waals surface area contributed by atoms with Crippen LogP contribution in [-0.2, 0) is 49.5 Å². The molecular weight excluding hydrogens is 1060 g/mol. The Hall–Kier alpha value is -5.59. The molecule has 6 unspecified atom stereocenters. The van der Waals surface area contributed by atoms with E-state index in [1.54, 1.807) is 52.0 Å². The number of Topliss-reactive ketones (excluding diaryl/α,β-unsaturated/α-hetero) is 1. The number of rotatable bonds is 38. The first-order chi connectivity index (χ1) is 38.6. The van der Waals surface area contributed by atoms with Gasteiger partial charge in [-0.05, 0) is 159 Å². The maximum Gasteiger partial charge on any atom is 0.407 e. The SMILES string of the molecule is CCC(C)(CC)C(C)(C(=O)NCC(=O)NCC(=O)NC(Cc1ccccc1)C(=O)NC(CC(C)C)C(=O)NCC(=O)NC(CCCCNC(=O)OC(C)(C)C)C(C)=O)C(CC)(CC)C(CC)(CC)C(C)(C(=O)NCC(C)O)C(C)(CC)CC. The first-order valence-electron chi connectivity index (χ1n) is 30.8. The van der Waals surface area contributed by atoms with Crippen LogP contribution in [0.25, 0.3) is 0 Å². The predicted octanol–water partition coefficient (Wildman–Crippen LogP) is 8.14. The summed E-state index contributed by atoms with van der Waals surface area (Å²) in [5.41, 5.74) is -4.96. The van der Waals surface area contributed by atoms with Crippen LogP contribution in [-0.4, -0.2) is 121 Å². The van der Waals surface area contributed by atoms with Crippen LogP contribution in [0, 0.1) is 38.4 Å². The van der Waals surface area contributed by atoms with Crippen molar-refractivity contribution in [3.8, 4) is 0 Å². The second kappa shape index (κ2) is 33.8. The maximum atomic E-state index is 15.6. The number of benzene rings is 1. The van der Waals surface area contributed by atoms with Crippen LogP contribution in [0.3, 0.4) is 0 Å². The molecule has 0 aromatic heterocycles. The van der Waals surface area contributed by atoms with Gasteiger partial charge in [0.15, 0.2) is 5.78 Å². The number of ketones is 1. The molecule has 0 aliphatic heterocycles. The van der Waals surface area contributed by atoms with Gasteiger partial charge in [-0.3, -0.25) is 38.4 Å². The van der Waals surface area contributed by atoms with E-state index in [2.05, 4.69) is 119 Å². The van der Waals surface area contributed by atoms with Crippen LogP contribution in [0.4, 0.5) is 4.79 Å². The lowest BCUT2D eigenvalue weighted by atomic mass is 9.32. The van der Waals surface area contributed by atoms with Crippen LogP contribution in [0.15, 0.2) is 30.3 Å². The van der Waals surface area contributed by atoms with Crippen molar-refractivity contribution < 1.29 is 53.0 Å². The van der Waals surface area contributed by atoms with Gasteiger partial charge in [0.1, 0.15) is 17.7 Å². The molecule has 474 valence electrons. The van der Waals surface area contributed by atoms with Gasteiger partial charge in [0, 0.05) is 19.5 Å². The van der Waals surface area contributed by atoms with Gasteiger partial charge in [0.25, 0.3) is 0 Å². The van der Waals surface area contributed by atoms with Crippen molar-refractivity contribution in [1.82, 2.24) is 42.5 Å². The highest BCUT2D eigenvalue weighted by Crippen LogP contribution is 2.74. The van der Waals surface area contributed by atoms with E-state index in [1.165, 1.54) is 6.92 Å². The largest absolute Gasteiger partial charge is 0.444 e. The number of ether oxygens (including phenoxy) is 1. The van der Waals surface area contributed by atoms with E-state index in [4.69, 9.17) is 4.74 Å². The minimum absolute atomic E-state index is 0.0289. The zero-order valence-electron chi connectivity index (χ0n) is 54.5. The van der Waals surface area contributed by atoms with Gasteiger partial charge in [-0.15, -0.1) is 0 Å². The molecule has 9 N–H and O–H groups in total. The van der Waals surface area contributed by atoms with Crippen molar-refractivity contribution in [2.45, 2.75) is 245 Å². The van der Waals surface area contributed by atoms with Crippen LogP contribution in [0.1, 0.15) is 214 Å². The normalized spacial score (nSPS) is 15.2. The Bertz CT molecular complexity index is 2270. The molecule has 1 rings (SSSR count). The zero-order valence-corrected chi connectivity index (χ0v) is 54.5. The minimum atomic E-state index is -1.21. The Balaban J connectivity index is 3.47. The average Bonchev–Trinajstić information content (AvgIpc) is 2.80. The molecule has 0 saturated heterocycles. The number of alkyl carbamates (subject to hydrolysis) is 1. The first-order valence-corrected chi connectivity index (χ1v) is 30.8. The van der Waals surface area contributed by atoms with Crippen molar-refractivity contribution in [2.75, 3.05) is 32.7 Å². The highest BCUT2D eigenvalue weighted by Gasteiger charge is 2.73. The van der Waals surface area contributed by atoms with Crippen LogP contribution in [0.2, 0.25) is 0 Å². The van der Waals surface area contributed by atoms with E-state index < -0.39 is 118 Å². The molecule has 0 fully saturated rings.